The molecule has 0 aliphatic rings. The fraction of sp³-hybridized carbons (Fsp3) is 0.125. The number of nitrogens with one attached hydrogen (secondary N) is 1. The molecule has 0 aliphatic carbocycles. The average Bonchev–Trinajstić information content (AvgIpc) is 3.20. The smallest absolute Gasteiger partial charge is 0.271 e. The van der Waals surface area contributed by atoms with Gasteiger partial charge in [0.2, 0.25) is 0 Å². The van der Waals surface area contributed by atoms with Gasteiger partial charge in [-0.3, -0.25) is 4.79 Å². The van der Waals surface area contributed by atoms with Crippen molar-refractivity contribution in [3.63, 3.8) is 0 Å². The van der Waals surface area contributed by atoms with Crippen LogP contribution in [0.3, 0.4) is 0 Å². The number of hydrogen-bond acceptors (Lipinski definition) is 4. The maximum absolute atomic E-state index is 12.1. The van der Waals surface area contributed by atoms with E-state index < -0.39 is 0 Å². The monoisotopic (exact) mass is 382 g/mol. The second-order valence-corrected chi connectivity index (χ2v) is 7.55. The highest BCUT2D eigenvalue weighted by molar-refractivity contribution is 7.10. The van der Waals surface area contributed by atoms with E-state index in [4.69, 9.17) is 23.2 Å². The van der Waals surface area contributed by atoms with Gasteiger partial charge in [-0.1, -0.05) is 35.3 Å². The molecule has 2 aromatic heterocycles. The van der Waals surface area contributed by atoms with E-state index in [1.165, 1.54) is 11.3 Å². The lowest BCUT2D eigenvalue weighted by molar-refractivity contribution is 0.0947. The van der Waals surface area contributed by atoms with Crippen molar-refractivity contribution in [1.82, 2.24) is 10.3 Å². The van der Waals surface area contributed by atoms with Gasteiger partial charge in [0.25, 0.3) is 5.91 Å². The van der Waals surface area contributed by atoms with Crippen molar-refractivity contribution in [2.45, 2.75) is 13.0 Å². The number of hydrogen-bond donors (Lipinski definition) is 1. The Bertz CT molecular complexity index is 795. The summed E-state index contributed by atoms with van der Waals surface area (Å²) < 4.78 is 0. The number of carbonyl (C=O) groups excluding carboxylic acids is 1. The van der Waals surface area contributed by atoms with Crippen LogP contribution in [0.2, 0.25) is 10.0 Å². The zero-order valence-corrected chi connectivity index (χ0v) is 15.0. The van der Waals surface area contributed by atoms with Crippen molar-refractivity contribution in [3.8, 4) is 0 Å². The summed E-state index contributed by atoms with van der Waals surface area (Å²) >= 11 is 15.4. The highest BCUT2D eigenvalue weighted by Gasteiger charge is 2.13. The lowest BCUT2D eigenvalue weighted by Crippen LogP contribution is -2.22. The van der Waals surface area contributed by atoms with Gasteiger partial charge in [-0.25, -0.2) is 4.98 Å². The Morgan fingerprint density at radius 2 is 1.91 bits per heavy atom. The Morgan fingerprint density at radius 1 is 1.13 bits per heavy atom. The van der Waals surface area contributed by atoms with Crippen LogP contribution in [0.5, 0.6) is 0 Å². The molecule has 0 bridgehead atoms. The molecule has 0 aliphatic heterocycles. The molecule has 7 heteroatoms. The molecule has 0 unspecified atom stereocenters. The van der Waals surface area contributed by atoms with Crippen molar-refractivity contribution in [3.05, 3.63) is 72.3 Å². The third kappa shape index (κ3) is 4.12. The molecule has 0 saturated heterocycles. The van der Waals surface area contributed by atoms with Crippen LogP contribution < -0.4 is 5.32 Å². The Balaban J connectivity index is 1.67. The molecular formula is C16H12Cl2N2OS2. The van der Waals surface area contributed by atoms with Crippen LogP contribution in [0.25, 0.3) is 0 Å². The number of rotatable bonds is 5. The molecule has 3 rings (SSSR count). The van der Waals surface area contributed by atoms with Gasteiger partial charge in [0.05, 0.1) is 11.6 Å². The third-order valence-corrected chi connectivity index (χ3v) is 5.61. The van der Waals surface area contributed by atoms with E-state index >= 15 is 0 Å². The van der Waals surface area contributed by atoms with Gasteiger partial charge in [-0.05, 0) is 29.1 Å². The third-order valence-electron chi connectivity index (χ3n) is 3.18. The molecule has 0 atom stereocenters. The van der Waals surface area contributed by atoms with Gasteiger partial charge in [0.15, 0.2) is 0 Å². The summed E-state index contributed by atoms with van der Waals surface area (Å²) in [6.45, 7) is 0.514. The summed E-state index contributed by atoms with van der Waals surface area (Å²) in [5.74, 6) is -0.175. The molecule has 23 heavy (non-hydrogen) atoms. The molecule has 1 amide bonds. The maximum atomic E-state index is 12.1. The number of aromatic nitrogens is 1. The molecule has 3 aromatic rings. The Morgan fingerprint density at radius 3 is 2.61 bits per heavy atom. The first kappa shape index (κ1) is 16.5. The highest BCUT2D eigenvalue weighted by Crippen LogP contribution is 2.27. The summed E-state index contributed by atoms with van der Waals surface area (Å²) in [4.78, 5) is 17.6. The Hall–Kier alpha value is -1.40. The van der Waals surface area contributed by atoms with Crippen LogP contribution in [0.4, 0.5) is 0 Å². The number of carbonyl (C=O) groups is 1. The van der Waals surface area contributed by atoms with Gasteiger partial charge in [-0.2, -0.15) is 0 Å². The summed E-state index contributed by atoms with van der Waals surface area (Å²) in [5.41, 5.74) is 1.25. The van der Waals surface area contributed by atoms with Gasteiger partial charge >= 0.3 is 0 Å². The van der Waals surface area contributed by atoms with Crippen molar-refractivity contribution in [2.24, 2.45) is 0 Å². The van der Waals surface area contributed by atoms with E-state index in [1.54, 1.807) is 34.9 Å². The minimum absolute atomic E-state index is 0.175. The molecule has 0 spiro atoms. The molecule has 0 radical (unpaired) electrons. The fourth-order valence-corrected chi connectivity index (χ4v) is 3.98. The average molecular weight is 383 g/mol. The zero-order valence-electron chi connectivity index (χ0n) is 11.9. The molecule has 1 N–H and O–H groups in total. The van der Waals surface area contributed by atoms with E-state index in [0.29, 0.717) is 28.7 Å². The SMILES string of the molecule is O=C(NCc1cccs1)c1csc(Cc2c(Cl)cccc2Cl)n1. The minimum atomic E-state index is -0.175. The molecule has 0 saturated carbocycles. The molecule has 0 fully saturated rings. The number of thiophene rings is 1. The Kier molecular flexibility index (Phi) is 5.33. The first-order valence-corrected chi connectivity index (χ1v) is 9.33. The molecular weight excluding hydrogens is 371 g/mol. The lowest BCUT2D eigenvalue weighted by Gasteiger charge is -2.04. The number of benzene rings is 1. The minimum Gasteiger partial charge on any atom is -0.346 e. The van der Waals surface area contributed by atoms with E-state index in [2.05, 4.69) is 10.3 Å². The summed E-state index contributed by atoms with van der Waals surface area (Å²) in [7, 11) is 0. The van der Waals surface area contributed by atoms with Crippen molar-refractivity contribution >= 4 is 51.8 Å². The van der Waals surface area contributed by atoms with Gasteiger partial charge in [-0.15, -0.1) is 22.7 Å². The van der Waals surface area contributed by atoms with E-state index in [0.717, 1.165) is 15.4 Å². The van der Waals surface area contributed by atoms with Crippen LogP contribution >= 0.6 is 45.9 Å². The summed E-state index contributed by atoms with van der Waals surface area (Å²) in [5, 5.41) is 8.62. The molecule has 2 heterocycles. The van der Waals surface area contributed by atoms with Crippen LogP contribution in [-0.2, 0) is 13.0 Å². The second kappa shape index (κ2) is 7.45. The summed E-state index contributed by atoms with van der Waals surface area (Å²) in [6, 6.07) is 9.34. The van der Waals surface area contributed by atoms with Gasteiger partial charge in [0, 0.05) is 26.7 Å². The van der Waals surface area contributed by atoms with Crippen molar-refractivity contribution in [1.29, 1.82) is 0 Å². The lowest BCUT2D eigenvalue weighted by atomic mass is 10.1. The molecule has 1 aromatic carbocycles. The van der Waals surface area contributed by atoms with E-state index in [-0.39, 0.29) is 5.91 Å². The molecule has 118 valence electrons. The quantitative estimate of drug-likeness (QED) is 0.671. The normalized spacial score (nSPS) is 10.7. The first-order chi connectivity index (χ1) is 11.1. The topological polar surface area (TPSA) is 42.0 Å². The van der Waals surface area contributed by atoms with Crippen LogP contribution in [0.1, 0.15) is 25.9 Å². The zero-order chi connectivity index (χ0) is 16.2. The molecule has 3 nitrogen and oxygen atoms in total. The van der Waals surface area contributed by atoms with Crippen molar-refractivity contribution < 1.29 is 4.79 Å². The number of halogens is 2. The second-order valence-electron chi connectivity index (χ2n) is 4.77. The van der Waals surface area contributed by atoms with E-state index in [9.17, 15) is 4.79 Å². The summed E-state index contributed by atoms with van der Waals surface area (Å²) in [6.07, 6.45) is 0.515. The number of thiazole rings is 1. The van der Waals surface area contributed by atoms with Crippen LogP contribution in [0, 0.1) is 0 Å². The number of nitrogens with zero attached hydrogens (tertiary/aromatic N) is 1. The largest absolute Gasteiger partial charge is 0.346 e. The predicted molar refractivity (Wildman–Crippen MR) is 96.9 cm³/mol. The van der Waals surface area contributed by atoms with E-state index in [1.807, 2.05) is 17.5 Å². The first-order valence-electron chi connectivity index (χ1n) is 6.81. The standard InChI is InChI=1S/C16H12Cl2N2OS2/c17-12-4-1-5-13(18)11(12)7-15-20-14(9-23-15)16(21)19-8-10-3-2-6-22-10/h1-6,9H,7-8H2,(H,19,21). The fourth-order valence-electron chi connectivity index (χ4n) is 2.02. The predicted octanol–water partition coefficient (Wildman–Crippen LogP) is 5.03. The maximum Gasteiger partial charge on any atom is 0.271 e. The van der Waals surface area contributed by atoms with Crippen LogP contribution in [-0.4, -0.2) is 10.9 Å². The Labute approximate surface area is 151 Å². The van der Waals surface area contributed by atoms with Gasteiger partial charge < -0.3 is 5.32 Å². The highest BCUT2D eigenvalue weighted by atomic mass is 35.5. The van der Waals surface area contributed by atoms with Crippen molar-refractivity contribution in [2.75, 3.05) is 0 Å². The number of amides is 1. The van der Waals surface area contributed by atoms with Crippen LogP contribution in [0.15, 0.2) is 41.1 Å². The van der Waals surface area contributed by atoms with Gasteiger partial charge in [0.1, 0.15) is 5.69 Å².